The van der Waals surface area contributed by atoms with Crippen molar-refractivity contribution < 1.29 is 49.6 Å². The number of rotatable bonds is 12. The topological polar surface area (TPSA) is 305 Å². The van der Waals surface area contributed by atoms with E-state index >= 15 is 0 Å². The van der Waals surface area contributed by atoms with Gasteiger partial charge in [0.05, 0.1) is 43.1 Å². The van der Waals surface area contributed by atoms with Crippen LogP contribution in [0.25, 0.3) is 31.3 Å². The second-order valence-corrected chi connectivity index (χ2v) is 10.4. The Labute approximate surface area is 234 Å². The number of unbranched alkanes of at least 4 members (excludes halogenated alkanes) is 1. The second kappa shape index (κ2) is 15.1. The number of aliphatic hydroxyl groups is 6. The van der Waals surface area contributed by atoms with Crippen molar-refractivity contribution in [1.29, 1.82) is 0 Å². The lowest BCUT2D eigenvalue weighted by Crippen LogP contribution is -2.63. The van der Waals surface area contributed by atoms with Crippen LogP contribution < -0.4 is 0 Å². The lowest BCUT2D eigenvalue weighted by Gasteiger charge is -2.48. The molecule has 2 heterocycles. The molecular formula is C22H37N9O10. The maximum absolute atomic E-state index is 11.4. The summed E-state index contributed by atoms with van der Waals surface area (Å²) in [6.45, 7) is 2.95. The minimum Gasteiger partial charge on any atom is -0.391 e. The molecule has 3 rings (SSSR count). The van der Waals surface area contributed by atoms with Gasteiger partial charge in [0.25, 0.3) is 0 Å². The van der Waals surface area contributed by atoms with Gasteiger partial charge in [-0.25, -0.2) is 0 Å². The van der Waals surface area contributed by atoms with Gasteiger partial charge < -0.3 is 49.6 Å². The largest absolute Gasteiger partial charge is 0.391 e. The number of hydrogen-bond donors (Lipinski definition) is 6. The van der Waals surface area contributed by atoms with Gasteiger partial charge in [0.15, 0.2) is 12.6 Å². The normalized spacial score (nSPS) is 43.3. The molecule has 1 aliphatic carbocycles. The van der Waals surface area contributed by atoms with Crippen molar-refractivity contribution in [1.82, 2.24) is 0 Å². The second-order valence-electron chi connectivity index (χ2n) is 10.4. The highest BCUT2D eigenvalue weighted by atomic mass is 16.7. The highest BCUT2D eigenvalue weighted by Crippen LogP contribution is 2.39. The molecular weight excluding hydrogens is 550 g/mol. The molecule has 230 valence electrons. The number of azide groups is 3. The Hall–Kier alpha value is -2.47. The Morgan fingerprint density at radius 1 is 0.854 bits per heavy atom. The van der Waals surface area contributed by atoms with Crippen LogP contribution in [0.2, 0.25) is 0 Å². The van der Waals surface area contributed by atoms with Crippen LogP contribution in [-0.2, 0) is 18.9 Å². The molecule has 19 heteroatoms. The fourth-order valence-electron chi connectivity index (χ4n) is 5.50. The van der Waals surface area contributed by atoms with Crippen LogP contribution in [-0.4, -0.2) is 123 Å². The zero-order valence-electron chi connectivity index (χ0n) is 22.5. The molecule has 0 amide bonds. The minimum absolute atomic E-state index is 0.149. The van der Waals surface area contributed by atoms with Crippen LogP contribution in [0.4, 0.5) is 0 Å². The number of ether oxygens (including phenoxy) is 4. The predicted octanol–water partition coefficient (Wildman–Crippen LogP) is 0.270. The van der Waals surface area contributed by atoms with E-state index < -0.39 is 91.6 Å². The van der Waals surface area contributed by atoms with Gasteiger partial charge in [-0.2, -0.15) is 0 Å². The zero-order chi connectivity index (χ0) is 30.3. The fourth-order valence-corrected chi connectivity index (χ4v) is 5.50. The third kappa shape index (κ3) is 7.49. The molecule has 0 radical (unpaired) electrons. The van der Waals surface area contributed by atoms with E-state index in [1.165, 1.54) is 6.92 Å². The molecule has 6 N–H and O–H groups in total. The zero-order valence-corrected chi connectivity index (χ0v) is 22.5. The lowest BCUT2D eigenvalue weighted by atomic mass is 9.77. The third-order valence-corrected chi connectivity index (χ3v) is 7.69. The Morgan fingerprint density at radius 3 is 2.15 bits per heavy atom. The molecule has 0 spiro atoms. The first kappa shape index (κ1) is 33.0. The smallest absolute Gasteiger partial charge is 0.187 e. The van der Waals surface area contributed by atoms with Gasteiger partial charge in [-0.3, -0.25) is 0 Å². The lowest BCUT2D eigenvalue weighted by molar-refractivity contribution is -0.317. The number of nitrogens with zero attached hydrogens (tertiary/aromatic N) is 9. The summed E-state index contributed by atoms with van der Waals surface area (Å²) in [6.07, 6.45) is -15.2. The maximum Gasteiger partial charge on any atom is 0.187 e. The summed E-state index contributed by atoms with van der Waals surface area (Å²) < 4.78 is 23.3. The summed E-state index contributed by atoms with van der Waals surface area (Å²) in [5.41, 5.74) is 27.0. The summed E-state index contributed by atoms with van der Waals surface area (Å²) in [5.74, 6) is -0.449. The van der Waals surface area contributed by atoms with Crippen LogP contribution >= 0.6 is 0 Å². The van der Waals surface area contributed by atoms with E-state index in [1.54, 1.807) is 0 Å². The Kier molecular flexibility index (Phi) is 12.2. The molecule has 3 fully saturated rings. The summed E-state index contributed by atoms with van der Waals surface area (Å²) in [6, 6.07) is -2.52. The van der Waals surface area contributed by atoms with E-state index in [9.17, 15) is 36.2 Å². The van der Waals surface area contributed by atoms with Gasteiger partial charge in [-0.15, -0.1) is 0 Å². The standard InChI is InChI=1S/C22H37N9O10/c1-3-4-5-9-6-10(27-30-24)19(40-21-12(28-31-25)15(35)16(36)18(39-21)8(2)32)20(13(9)33)41-22-17(37)14(34)11(38-22)7-26-29-23/h8-22,32-37H,3-7H2,1-2H3/t8-,9-,10?,11-,12?,13?,14+,15-,16+,17?,18?,19-,20-,21-,22+/m1/s1. The van der Waals surface area contributed by atoms with Crippen molar-refractivity contribution >= 4 is 0 Å². The van der Waals surface area contributed by atoms with Gasteiger partial charge in [-0.05, 0) is 42.3 Å². The van der Waals surface area contributed by atoms with Gasteiger partial charge in [0.2, 0.25) is 0 Å². The number of hydrogen-bond acceptors (Lipinski definition) is 13. The van der Waals surface area contributed by atoms with Crippen molar-refractivity contribution in [3.8, 4) is 0 Å². The quantitative estimate of drug-likeness (QED) is 0.103. The summed E-state index contributed by atoms with van der Waals surface area (Å²) in [7, 11) is 0. The van der Waals surface area contributed by atoms with Crippen molar-refractivity contribution in [3.05, 3.63) is 31.3 Å². The first-order chi connectivity index (χ1) is 19.6. The first-order valence-corrected chi connectivity index (χ1v) is 13.4. The molecule has 41 heavy (non-hydrogen) atoms. The van der Waals surface area contributed by atoms with Crippen LogP contribution in [0.5, 0.6) is 0 Å². The third-order valence-electron chi connectivity index (χ3n) is 7.69. The summed E-state index contributed by atoms with van der Waals surface area (Å²) in [5, 5.41) is 74.2. The highest BCUT2D eigenvalue weighted by Gasteiger charge is 2.53. The monoisotopic (exact) mass is 587 g/mol. The highest BCUT2D eigenvalue weighted by molar-refractivity contribution is 5.02. The van der Waals surface area contributed by atoms with E-state index in [2.05, 4.69) is 30.1 Å². The molecule has 5 unspecified atom stereocenters. The fraction of sp³-hybridized carbons (Fsp3) is 1.00. The first-order valence-electron chi connectivity index (χ1n) is 13.4. The molecule has 0 aromatic carbocycles. The van der Waals surface area contributed by atoms with Crippen molar-refractivity contribution in [3.63, 3.8) is 0 Å². The Morgan fingerprint density at radius 2 is 1.54 bits per heavy atom. The molecule has 2 saturated heterocycles. The van der Waals surface area contributed by atoms with Crippen LogP contribution in [0, 0.1) is 5.92 Å². The molecule has 19 nitrogen and oxygen atoms in total. The minimum atomic E-state index is -1.72. The summed E-state index contributed by atoms with van der Waals surface area (Å²) >= 11 is 0. The van der Waals surface area contributed by atoms with E-state index in [0.717, 1.165) is 12.8 Å². The van der Waals surface area contributed by atoms with E-state index in [0.29, 0.717) is 6.42 Å². The SMILES string of the molecule is CCCC[C@@H]1CC(N=[N+]=[N-])[C@@H](O[C@H]2OC([C@@H](C)O)[C@@H](O)[C@H](O)C2N=[N+]=[N-])[C@H](O[C@@H]2O[C@H](CN=[N+]=[N-])[C@H](O)C2O)C1O. The molecule has 0 aromatic heterocycles. The molecule has 0 aromatic rings. The maximum atomic E-state index is 11.4. The van der Waals surface area contributed by atoms with Gasteiger partial charge in [-0.1, -0.05) is 35.1 Å². The van der Waals surface area contributed by atoms with E-state index in [4.69, 9.17) is 30.0 Å². The van der Waals surface area contributed by atoms with Crippen LogP contribution in [0.1, 0.15) is 39.5 Å². The van der Waals surface area contributed by atoms with Crippen molar-refractivity contribution in [2.24, 2.45) is 21.3 Å². The van der Waals surface area contributed by atoms with Gasteiger partial charge in [0, 0.05) is 14.7 Å². The summed E-state index contributed by atoms with van der Waals surface area (Å²) in [4.78, 5) is 8.19. The molecule has 0 bridgehead atoms. The predicted molar refractivity (Wildman–Crippen MR) is 136 cm³/mol. The molecule has 1 saturated carbocycles. The average molecular weight is 588 g/mol. The Balaban J connectivity index is 1.97. The Bertz CT molecular complexity index is 1010. The average Bonchev–Trinajstić information content (AvgIpc) is 3.21. The molecule has 3 aliphatic rings. The van der Waals surface area contributed by atoms with Crippen LogP contribution in [0.3, 0.4) is 0 Å². The molecule has 15 atom stereocenters. The number of aliphatic hydroxyl groups excluding tert-OH is 6. The van der Waals surface area contributed by atoms with E-state index in [-0.39, 0.29) is 13.0 Å². The van der Waals surface area contributed by atoms with E-state index in [1.807, 2.05) is 6.92 Å². The molecule has 2 aliphatic heterocycles. The van der Waals surface area contributed by atoms with Crippen molar-refractivity contribution in [2.45, 2.75) is 125 Å². The van der Waals surface area contributed by atoms with Crippen LogP contribution in [0.15, 0.2) is 15.3 Å². The van der Waals surface area contributed by atoms with Gasteiger partial charge >= 0.3 is 0 Å². The van der Waals surface area contributed by atoms with Crippen molar-refractivity contribution in [2.75, 3.05) is 6.54 Å². The van der Waals surface area contributed by atoms with Gasteiger partial charge in [0.1, 0.15) is 36.6 Å².